The Morgan fingerprint density at radius 1 is 1.28 bits per heavy atom. The zero-order valence-electron chi connectivity index (χ0n) is 19.0. The maximum Gasteiger partial charge on any atom is 0.317 e. The Hall–Kier alpha value is -2.25. The van der Waals surface area contributed by atoms with Gasteiger partial charge in [-0.3, -0.25) is 4.79 Å². The highest BCUT2D eigenvalue weighted by molar-refractivity contribution is 7.10. The first-order valence-corrected chi connectivity index (χ1v) is 12.5. The molecule has 1 N–H and O–H groups in total. The molecular formula is C24H32ClN3O3S. The number of hydrogen-bond acceptors (Lipinski definition) is 4. The number of carbonyl (C=O) groups is 2. The van der Waals surface area contributed by atoms with Crippen LogP contribution in [0.15, 0.2) is 35.7 Å². The van der Waals surface area contributed by atoms with Gasteiger partial charge in [-0.2, -0.15) is 0 Å². The number of rotatable bonds is 9. The van der Waals surface area contributed by atoms with Gasteiger partial charge in [0.1, 0.15) is 18.9 Å². The van der Waals surface area contributed by atoms with Crippen molar-refractivity contribution in [3.05, 3.63) is 51.2 Å². The number of thiophene rings is 1. The Kier molecular flexibility index (Phi) is 8.82. The molecule has 8 heteroatoms. The summed E-state index contributed by atoms with van der Waals surface area (Å²) < 4.78 is 6.04. The summed E-state index contributed by atoms with van der Waals surface area (Å²) in [4.78, 5) is 30.8. The maximum atomic E-state index is 13.4. The number of amides is 3. The van der Waals surface area contributed by atoms with Crippen LogP contribution in [0.5, 0.6) is 5.75 Å². The van der Waals surface area contributed by atoms with Crippen LogP contribution in [0.2, 0.25) is 5.02 Å². The van der Waals surface area contributed by atoms with Crippen LogP contribution in [0.1, 0.15) is 43.7 Å². The Bertz CT molecular complexity index is 902. The molecule has 0 saturated carbocycles. The van der Waals surface area contributed by atoms with Crippen LogP contribution in [0.25, 0.3) is 0 Å². The van der Waals surface area contributed by atoms with Gasteiger partial charge in [0, 0.05) is 29.5 Å². The van der Waals surface area contributed by atoms with E-state index in [1.165, 1.54) is 4.88 Å². The third-order valence-electron chi connectivity index (χ3n) is 5.81. The van der Waals surface area contributed by atoms with Gasteiger partial charge in [0.25, 0.3) is 0 Å². The minimum absolute atomic E-state index is 0.0545. The second kappa shape index (κ2) is 11.6. The Balaban J connectivity index is 1.75. The molecule has 1 aliphatic rings. The molecule has 1 aliphatic heterocycles. The van der Waals surface area contributed by atoms with E-state index in [0.717, 1.165) is 18.4 Å². The van der Waals surface area contributed by atoms with Gasteiger partial charge in [-0.05, 0) is 60.5 Å². The van der Waals surface area contributed by atoms with Crippen molar-refractivity contribution in [3.8, 4) is 5.75 Å². The zero-order chi connectivity index (χ0) is 23.1. The van der Waals surface area contributed by atoms with Crippen molar-refractivity contribution < 1.29 is 14.3 Å². The highest BCUT2D eigenvalue weighted by atomic mass is 35.5. The molecule has 6 nitrogen and oxygen atoms in total. The first-order chi connectivity index (χ1) is 15.4. The fourth-order valence-electron chi connectivity index (χ4n) is 3.82. The van der Waals surface area contributed by atoms with Crippen molar-refractivity contribution in [2.24, 2.45) is 5.92 Å². The second-order valence-corrected chi connectivity index (χ2v) is 9.58. The number of halogens is 1. The summed E-state index contributed by atoms with van der Waals surface area (Å²) in [6.45, 7) is 8.19. The topological polar surface area (TPSA) is 61.9 Å². The van der Waals surface area contributed by atoms with E-state index in [-0.39, 0.29) is 24.5 Å². The average Bonchev–Trinajstić information content (AvgIpc) is 3.27. The number of benzene rings is 1. The van der Waals surface area contributed by atoms with Crippen molar-refractivity contribution in [2.45, 2.75) is 39.7 Å². The summed E-state index contributed by atoms with van der Waals surface area (Å²) in [6, 6.07) is 8.93. The Morgan fingerprint density at radius 2 is 2.03 bits per heavy atom. The summed E-state index contributed by atoms with van der Waals surface area (Å²) in [5.41, 5.74) is 1.13. The third-order valence-corrected chi connectivity index (χ3v) is 7.06. The van der Waals surface area contributed by atoms with Crippen LogP contribution in [0.4, 0.5) is 4.79 Å². The van der Waals surface area contributed by atoms with Gasteiger partial charge in [0.2, 0.25) is 5.91 Å². The predicted molar refractivity (Wildman–Crippen MR) is 130 cm³/mol. The largest absolute Gasteiger partial charge is 0.491 e. The number of fused-ring (bicyclic) bond motifs is 1. The smallest absolute Gasteiger partial charge is 0.317 e. The standard InChI is InChI=1S/C24H32ClN3O3S/c1-4-17(3)14-27(24(30)26-5-2)15-23(29)28-12-10-22-20(11-13-32-22)21(28)16-31-19-8-6-18(25)7-9-19/h6-9,11,13,17,21H,4-5,10,12,14-16H2,1-3H3,(H,26,30)/t17-,21+/m1/s1. The van der Waals surface area contributed by atoms with Crippen molar-refractivity contribution in [3.63, 3.8) is 0 Å². The van der Waals surface area contributed by atoms with Gasteiger partial charge < -0.3 is 19.9 Å². The number of nitrogens with one attached hydrogen (secondary N) is 1. The molecule has 2 heterocycles. The molecule has 1 aromatic heterocycles. The van der Waals surface area contributed by atoms with E-state index in [2.05, 4.69) is 30.6 Å². The van der Waals surface area contributed by atoms with Crippen LogP contribution in [0.3, 0.4) is 0 Å². The molecule has 0 spiro atoms. The highest BCUT2D eigenvalue weighted by Gasteiger charge is 2.33. The van der Waals surface area contributed by atoms with E-state index in [9.17, 15) is 9.59 Å². The van der Waals surface area contributed by atoms with Crippen molar-refractivity contribution in [2.75, 3.05) is 32.8 Å². The van der Waals surface area contributed by atoms with E-state index in [4.69, 9.17) is 16.3 Å². The monoisotopic (exact) mass is 477 g/mol. The number of nitrogens with zero attached hydrogens (tertiary/aromatic N) is 2. The molecule has 0 radical (unpaired) electrons. The van der Waals surface area contributed by atoms with Crippen LogP contribution >= 0.6 is 22.9 Å². The van der Waals surface area contributed by atoms with Crippen LogP contribution in [-0.2, 0) is 11.2 Å². The fraction of sp³-hybridized carbons (Fsp3) is 0.500. The van der Waals surface area contributed by atoms with Gasteiger partial charge in [-0.25, -0.2) is 4.79 Å². The zero-order valence-corrected chi connectivity index (χ0v) is 20.5. The molecule has 2 atom stereocenters. The molecule has 0 bridgehead atoms. The lowest BCUT2D eigenvalue weighted by atomic mass is 10.00. The van der Waals surface area contributed by atoms with Crippen LogP contribution in [0, 0.1) is 5.92 Å². The number of urea groups is 1. The lowest BCUT2D eigenvalue weighted by molar-refractivity contribution is -0.135. The summed E-state index contributed by atoms with van der Waals surface area (Å²) in [7, 11) is 0. The molecule has 0 saturated heterocycles. The van der Waals surface area contributed by atoms with Crippen LogP contribution in [-0.4, -0.2) is 54.5 Å². The molecule has 2 aromatic rings. The van der Waals surface area contributed by atoms with Gasteiger partial charge in [-0.1, -0.05) is 31.9 Å². The fourth-order valence-corrected chi connectivity index (χ4v) is 4.88. The number of carbonyl (C=O) groups excluding carboxylic acids is 2. The molecule has 32 heavy (non-hydrogen) atoms. The summed E-state index contributed by atoms with van der Waals surface area (Å²) in [5.74, 6) is 0.977. The van der Waals surface area contributed by atoms with Gasteiger partial charge >= 0.3 is 6.03 Å². The first-order valence-electron chi connectivity index (χ1n) is 11.2. The molecule has 3 rings (SSSR count). The van der Waals surface area contributed by atoms with E-state index >= 15 is 0 Å². The number of ether oxygens (including phenoxy) is 1. The lowest BCUT2D eigenvalue weighted by Gasteiger charge is -2.37. The molecule has 3 amide bonds. The average molecular weight is 478 g/mol. The van der Waals surface area contributed by atoms with Gasteiger partial charge in [-0.15, -0.1) is 11.3 Å². The van der Waals surface area contributed by atoms with Crippen molar-refractivity contribution in [1.82, 2.24) is 15.1 Å². The normalized spacial score (nSPS) is 16.2. The van der Waals surface area contributed by atoms with E-state index in [0.29, 0.717) is 42.9 Å². The molecule has 0 aliphatic carbocycles. The summed E-state index contributed by atoms with van der Waals surface area (Å²) in [5, 5.41) is 5.56. The van der Waals surface area contributed by atoms with Crippen molar-refractivity contribution in [1.29, 1.82) is 0 Å². The van der Waals surface area contributed by atoms with Crippen LogP contribution < -0.4 is 10.1 Å². The minimum Gasteiger partial charge on any atom is -0.491 e. The Morgan fingerprint density at radius 3 is 2.72 bits per heavy atom. The molecular weight excluding hydrogens is 446 g/mol. The predicted octanol–water partition coefficient (Wildman–Crippen LogP) is 4.98. The van der Waals surface area contributed by atoms with Gasteiger partial charge in [0.05, 0.1) is 6.04 Å². The molecule has 1 aromatic carbocycles. The van der Waals surface area contributed by atoms with E-state index in [1.54, 1.807) is 28.4 Å². The van der Waals surface area contributed by atoms with Crippen molar-refractivity contribution >= 4 is 34.9 Å². The first kappa shape index (κ1) is 24.4. The van der Waals surface area contributed by atoms with E-state index in [1.807, 2.05) is 24.0 Å². The Labute approximate surface area is 199 Å². The summed E-state index contributed by atoms with van der Waals surface area (Å²) >= 11 is 7.69. The second-order valence-electron chi connectivity index (χ2n) is 8.15. The quantitative estimate of drug-likeness (QED) is 0.553. The van der Waals surface area contributed by atoms with Gasteiger partial charge in [0.15, 0.2) is 0 Å². The third kappa shape index (κ3) is 6.17. The molecule has 0 unspecified atom stereocenters. The minimum atomic E-state index is -0.191. The maximum absolute atomic E-state index is 13.4. The SMILES string of the molecule is CCNC(=O)N(CC(=O)N1CCc2sccc2[C@@H]1COc1ccc(Cl)cc1)C[C@H](C)CC. The highest BCUT2D eigenvalue weighted by Crippen LogP contribution is 2.34. The summed E-state index contributed by atoms with van der Waals surface area (Å²) in [6.07, 6.45) is 1.77. The number of hydrogen-bond donors (Lipinski definition) is 1. The van der Waals surface area contributed by atoms with E-state index < -0.39 is 0 Å². The molecule has 174 valence electrons. The lowest BCUT2D eigenvalue weighted by Crippen LogP contribution is -2.50. The molecule has 0 fully saturated rings.